The van der Waals surface area contributed by atoms with Crippen LogP contribution >= 0.6 is 24.0 Å². The van der Waals surface area contributed by atoms with Gasteiger partial charge in [0, 0.05) is 24.4 Å². The van der Waals surface area contributed by atoms with Gasteiger partial charge in [-0.25, -0.2) is 0 Å². The minimum absolute atomic E-state index is 0. The molecule has 1 unspecified atom stereocenters. The van der Waals surface area contributed by atoms with Crippen molar-refractivity contribution in [2.45, 2.75) is 40.7 Å². The van der Waals surface area contributed by atoms with Crippen molar-refractivity contribution < 1.29 is 13.9 Å². The SMILES string of the molecule is CCNC(=NCCNC(=O)C(C)C)NC(C)c1cc2cccc(OCC)c2o1.I. The number of para-hydroxylation sites is 1. The highest BCUT2D eigenvalue weighted by atomic mass is 127. The molecule has 0 fully saturated rings. The monoisotopic (exact) mass is 516 g/mol. The number of halogens is 1. The highest BCUT2D eigenvalue weighted by Gasteiger charge is 2.15. The molecule has 1 aromatic heterocycles. The lowest BCUT2D eigenvalue weighted by Crippen LogP contribution is -2.39. The fourth-order valence-electron chi connectivity index (χ4n) is 2.69. The van der Waals surface area contributed by atoms with Crippen molar-refractivity contribution in [3.8, 4) is 5.75 Å². The van der Waals surface area contributed by atoms with Crippen molar-refractivity contribution >= 4 is 46.8 Å². The Kier molecular flexibility index (Phi) is 10.9. The molecular formula is C21H33IN4O3. The molecule has 1 heterocycles. The zero-order valence-electron chi connectivity index (χ0n) is 17.9. The van der Waals surface area contributed by atoms with Gasteiger partial charge in [-0.15, -0.1) is 24.0 Å². The van der Waals surface area contributed by atoms with Gasteiger partial charge in [0.05, 0.1) is 19.2 Å². The maximum Gasteiger partial charge on any atom is 0.222 e. The molecule has 0 aliphatic heterocycles. The number of nitrogens with zero attached hydrogens (tertiary/aromatic N) is 1. The summed E-state index contributed by atoms with van der Waals surface area (Å²) >= 11 is 0. The van der Waals surface area contributed by atoms with Gasteiger partial charge in [0.2, 0.25) is 5.91 Å². The summed E-state index contributed by atoms with van der Waals surface area (Å²) in [5.41, 5.74) is 0.756. The number of hydrogen-bond donors (Lipinski definition) is 3. The van der Waals surface area contributed by atoms with Crippen LogP contribution in [-0.4, -0.2) is 38.1 Å². The summed E-state index contributed by atoms with van der Waals surface area (Å²) < 4.78 is 11.7. The van der Waals surface area contributed by atoms with Gasteiger partial charge in [-0.05, 0) is 32.9 Å². The van der Waals surface area contributed by atoms with E-state index in [9.17, 15) is 4.79 Å². The second kappa shape index (κ2) is 12.6. The minimum atomic E-state index is -0.0788. The van der Waals surface area contributed by atoms with Crippen LogP contribution < -0.4 is 20.7 Å². The van der Waals surface area contributed by atoms with Crippen LogP contribution in [0.4, 0.5) is 0 Å². The molecular weight excluding hydrogens is 483 g/mol. The number of aliphatic imine (C=N–C) groups is 1. The number of carbonyl (C=O) groups is 1. The number of guanidine groups is 1. The van der Waals surface area contributed by atoms with E-state index in [1.807, 2.05) is 58.9 Å². The van der Waals surface area contributed by atoms with Crippen LogP contribution in [0.25, 0.3) is 11.0 Å². The highest BCUT2D eigenvalue weighted by molar-refractivity contribution is 14.0. The zero-order valence-corrected chi connectivity index (χ0v) is 20.2. The van der Waals surface area contributed by atoms with Gasteiger partial charge < -0.3 is 25.1 Å². The first-order chi connectivity index (χ1) is 13.5. The summed E-state index contributed by atoms with van der Waals surface area (Å²) in [7, 11) is 0. The molecule has 3 N–H and O–H groups in total. The Morgan fingerprint density at radius 3 is 2.62 bits per heavy atom. The van der Waals surface area contributed by atoms with Gasteiger partial charge in [0.25, 0.3) is 0 Å². The Labute approximate surface area is 190 Å². The van der Waals surface area contributed by atoms with Crippen molar-refractivity contribution in [1.82, 2.24) is 16.0 Å². The third kappa shape index (κ3) is 7.41. The number of hydrogen-bond acceptors (Lipinski definition) is 4. The summed E-state index contributed by atoms with van der Waals surface area (Å²) in [6, 6.07) is 7.82. The molecule has 162 valence electrons. The first-order valence-corrected chi connectivity index (χ1v) is 9.94. The maximum absolute atomic E-state index is 11.6. The van der Waals surface area contributed by atoms with Crippen LogP contribution in [0.3, 0.4) is 0 Å². The molecule has 1 aromatic carbocycles. The van der Waals surface area contributed by atoms with Gasteiger partial charge in [0.15, 0.2) is 17.3 Å². The van der Waals surface area contributed by atoms with Gasteiger partial charge in [-0.1, -0.05) is 26.0 Å². The van der Waals surface area contributed by atoms with Crippen LogP contribution in [0.15, 0.2) is 33.7 Å². The molecule has 1 amide bonds. The van der Waals surface area contributed by atoms with Crippen molar-refractivity contribution in [2.24, 2.45) is 10.9 Å². The molecule has 2 rings (SSSR count). The number of fused-ring (bicyclic) bond motifs is 1. The highest BCUT2D eigenvalue weighted by Crippen LogP contribution is 2.31. The third-order valence-electron chi connectivity index (χ3n) is 4.16. The zero-order chi connectivity index (χ0) is 20.5. The van der Waals surface area contributed by atoms with Crippen molar-refractivity contribution in [2.75, 3.05) is 26.2 Å². The van der Waals surface area contributed by atoms with E-state index in [0.717, 1.165) is 29.0 Å². The lowest BCUT2D eigenvalue weighted by molar-refractivity contribution is -0.123. The van der Waals surface area contributed by atoms with E-state index >= 15 is 0 Å². The molecule has 0 aliphatic rings. The quantitative estimate of drug-likeness (QED) is 0.204. The largest absolute Gasteiger partial charge is 0.490 e. The standard InChI is InChI=1S/C21H32N4O3.HI/c1-6-22-21(24-12-11-23-20(26)14(3)4)25-15(5)18-13-16-9-8-10-17(27-7-2)19(16)28-18;/h8-10,13-15H,6-7,11-12H2,1-5H3,(H,23,26)(H2,22,24,25);1H. The van der Waals surface area contributed by atoms with E-state index in [-0.39, 0.29) is 41.8 Å². The predicted molar refractivity (Wildman–Crippen MR) is 128 cm³/mol. The third-order valence-corrected chi connectivity index (χ3v) is 4.16. The first kappa shape index (κ1) is 25.1. The number of carbonyl (C=O) groups excluding carboxylic acids is 1. The van der Waals surface area contributed by atoms with Crippen LogP contribution in [0.1, 0.15) is 46.4 Å². The van der Waals surface area contributed by atoms with Gasteiger partial charge in [-0.2, -0.15) is 0 Å². The smallest absolute Gasteiger partial charge is 0.222 e. The molecule has 2 aromatic rings. The molecule has 0 saturated carbocycles. The lowest BCUT2D eigenvalue weighted by Gasteiger charge is -2.16. The predicted octanol–water partition coefficient (Wildman–Crippen LogP) is 3.84. The average Bonchev–Trinajstić information content (AvgIpc) is 3.10. The maximum atomic E-state index is 11.6. The molecule has 8 heteroatoms. The first-order valence-electron chi connectivity index (χ1n) is 9.94. The van der Waals surface area contributed by atoms with Gasteiger partial charge in [-0.3, -0.25) is 9.79 Å². The summed E-state index contributed by atoms with van der Waals surface area (Å²) in [6.45, 7) is 12.1. The van der Waals surface area contributed by atoms with E-state index < -0.39 is 0 Å². The number of nitrogens with one attached hydrogen (secondary N) is 3. The fourth-order valence-corrected chi connectivity index (χ4v) is 2.69. The van der Waals surface area contributed by atoms with Crippen LogP contribution in [0, 0.1) is 5.92 Å². The summed E-state index contributed by atoms with van der Waals surface area (Å²) in [6.07, 6.45) is 0. The molecule has 0 spiro atoms. The van der Waals surface area contributed by atoms with Crippen molar-refractivity contribution in [3.05, 3.63) is 30.0 Å². The summed E-state index contributed by atoms with van der Waals surface area (Å²) in [5, 5.41) is 10.4. The number of ether oxygens (including phenoxy) is 1. The normalized spacial score (nSPS) is 12.4. The topological polar surface area (TPSA) is 87.9 Å². The Balaban J connectivity index is 0.00000420. The number of amides is 1. The Morgan fingerprint density at radius 2 is 1.97 bits per heavy atom. The number of rotatable bonds is 9. The molecule has 0 aliphatic carbocycles. The Morgan fingerprint density at radius 1 is 1.21 bits per heavy atom. The Bertz CT molecular complexity index is 804. The molecule has 29 heavy (non-hydrogen) atoms. The van der Waals surface area contributed by atoms with Gasteiger partial charge in [0.1, 0.15) is 5.76 Å². The molecule has 1 atom stereocenters. The summed E-state index contributed by atoms with van der Waals surface area (Å²) in [5.74, 6) is 2.25. The minimum Gasteiger partial charge on any atom is -0.490 e. The molecule has 0 saturated heterocycles. The second-order valence-electron chi connectivity index (χ2n) is 6.83. The van der Waals surface area contributed by atoms with Crippen molar-refractivity contribution in [3.63, 3.8) is 0 Å². The second-order valence-corrected chi connectivity index (χ2v) is 6.83. The number of furan rings is 1. The van der Waals surface area contributed by atoms with Crippen molar-refractivity contribution in [1.29, 1.82) is 0 Å². The van der Waals surface area contributed by atoms with Crippen LogP contribution in [0.5, 0.6) is 5.75 Å². The van der Waals surface area contributed by atoms with E-state index in [1.54, 1.807) is 0 Å². The molecule has 7 nitrogen and oxygen atoms in total. The van der Waals surface area contributed by atoms with E-state index in [1.165, 1.54) is 0 Å². The summed E-state index contributed by atoms with van der Waals surface area (Å²) in [4.78, 5) is 16.1. The fraction of sp³-hybridized carbons (Fsp3) is 0.524. The van der Waals surface area contributed by atoms with E-state index in [2.05, 4.69) is 20.9 Å². The van der Waals surface area contributed by atoms with Gasteiger partial charge >= 0.3 is 0 Å². The molecule has 0 bridgehead atoms. The Hall–Kier alpha value is -1.97. The lowest BCUT2D eigenvalue weighted by atomic mass is 10.2. The average molecular weight is 516 g/mol. The molecule has 0 radical (unpaired) electrons. The van der Waals surface area contributed by atoms with Crippen LogP contribution in [-0.2, 0) is 4.79 Å². The van der Waals surface area contributed by atoms with Crippen LogP contribution in [0.2, 0.25) is 0 Å². The van der Waals surface area contributed by atoms with E-state index in [0.29, 0.717) is 25.7 Å². The number of benzene rings is 1. The van der Waals surface area contributed by atoms with E-state index in [4.69, 9.17) is 9.15 Å².